The summed E-state index contributed by atoms with van der Waals surface area (Å²) in [4.78, 5) is 0.295. The van der Waals surface area contributed by atoms with Crippen molar-refractivity contribution >= 4 is 40.2 Å². The number of rotatable bonds is 6. The molecule has 0 aliphatic heterocycles. The lowest BCUT2D eigenvalue weighted by Crippen LogP contribution is -2.09. The number of hydrogen-bond donors (Lipinski definition) is 2. The number of benzene rings is 2. The minimum atomic E-state index is 0.295. The van der Waals surface area contributed by atoms with Gasteiger partial charge in [-0.3, -0.25) is 0 Å². The molecule has 0 heterocycles. The molecule has 0 atom stereocenters. The normalized spacial score (nSPS) is 10.2. The van der Waals surface area contributed by atoms with Crippen LogP contribution in [-0.2, 0) is 0 Å². The minimum Gasteiger partial charge on any atom is -0.494 e. The summed E-state index contributed by atoms with van der Waals surface area (Å²) in [6.07, 6.45) is 0.994. The number of anilines is 2. The molecular weight excluding hydrogens is 304 g/mol. The van der Waals surface area contributed by atoms with E-state index in [1.165, 1.54) is 0 Å². The molecule has 110 valence electrons. The van der Waals surface area contributed by atoms with E-state index in [1.807, 2.05) is 36.4 Å². The minimum absolute atomic E-state index is 0.295. The number of thiocarbonyl (C=S) groups is 1. The van der Waals surface area contributed by atoms with Crippen LogP contribution in [0.5, 0.6) is 5.75 Å². The van der Waals surface area contributed by atoms with Crippen molar-refractivity contribution in [2.24, 2.45) is 5.73 Å². The molecule has 3 nitrogen and oxygen atoms in total. The Labute approximate surface area is 135 Å². The molecule has 0 saturated carbocycles. The fourth-order valence-electron chi connectivity index (χ4n) is 1.81. The van der Waals surface area contributed by atoms with Crippen LogP contribution >= 0.6 is 23.8 Å². The van der Waals surface area contributed by atoms with E-state index in [-0.39, 0.29) is 0 Å². The summed E-state index contributed by atoms with van der Waals surface area (Å²) < 4.78 is 5.54. The van der Waals surface area contributed by atoms with Crippen molar-refractivity contribution in [3.63, 3.8) is 0 Å². The van der Waals surface area contributed by atoms with Gasteiger partial charge in [-0.15, -0.1) is 0 Å². The quantitative estimate of drug-likeness (QED) is 0.769. The molecule has 0 aliphatic carbocycles. The molecule has 21 heavy (non-hydrogen) atoms. The molecule has 2 rings (SSSR count). The van der Waals surface area contributed by atoms with Crippen LogP contribution in [0.4, 0.5) is 11.4 Å². The standard InChI is InChI=1S/C16H17ClN2OS/c1-2-9-20-13-6-3-11(4-7-13)19-12-5-8-14(16(18)21)15(17)10-12/h3-8,10,19H,2,9H2,1H3,(H2,18,21). The lowest BCUT2D eigenvalue weighted by atomic mass is 10.2. The van der Waals surface area contributed by atoms with E-state index in [2.05, 4.69) is 12.2 Å². The maximum atomic E-state index is 6.15. The van der Waals surface area contributed by atoms with E-state index in [4.69, 9.17) is 34.3 Å². The third kappa shape index (κ3) is 4.34. The molecule has 0 bridgehead atoms. The van der Waals surface area contributed by atoms with Gasteiger partial charge in [-0.25, -0.2) is 0 Å². The second-order valence-corrected chi connectivity index (χ2v) is 5.40. The molecule has 2 aromatic rings. The largest absolute Gasteiger partial charge is 0.494 e. The van der Waals surface area contributed by atoms with Crippen LogP contribution in [0.3, 0.4) is 0 Å². The summed E-state index contributed by atoms with van der Waals surface area (Å²) in [7, 11) is 0. The van der Waals surface area contributed by atoms with Gasteiger partial charge in [-0.1, -0.05) is 30.7 Å². The Kier molecular flexibility index (Phi) is 5.42. The molecule has 0 saturated heterocycles. The van der Waals surface area contributed by atoms with Gasteiger partial charge in [0.2, 0.25) is 0 Å². The van der Waals surface area contributed by atoms with Crippen molar-refractivity contribution in [2.75, 3.05) is 11.9 Å². The van der Waals surface area contributed by atoms with E-state index in [1.54, 1.807) is 6.07 Å². The van der Waals surface area contributed by atoms with Crippen LogP contribution in [0, 0.1) is 0 Å². The highest BCUT2D eigenvalue weighted by molar-refractivity contribution is 7.80. The van der Waals surface area contributed by atoms with E-state index in [0.717, 1.165) is 30.2 Å². The third-order valence-corrected chi connectivity index (χ3v) is 3.38. The molecule has 5 heteroatoms. The van der Waals surface area contributed by atoms with E-state index in [9.17, 15) is 0 Å². The molecule has 3 N–H and O–H groups in total. The molecule has 0 aromatic heterocycles. The van der Waals surface area contributed by atoms with Gasteiger partial charge in [0.15, 0.2) is 0 Å². The number of ether oxygens (including phenoxy) is 1. The number of hydrogen-bond acceptors (Lipinski definition) is 3. The van der Waals surface area contributed by atoms with E-state index in [0.29, 0.717) is 15.6 Å². The van der Waals surface area contributed by atoms with Crippen molar-refractivity contribution in [1.29, 1.82) is 0 Å². The average molecular weight is 321 g/mol. The van der Waals surface area contributed by atoms with Crippen molar-refractivity contribution < 1.29 is 4.74 Å². The maximum absolute atomic E-state index is 6.15. The SMILES string of the molecule is CCCOc1ccc(Nc2ccc(C(N)=S)c(Cl)c2)cc1. The summed E-state index contributed by atoms with van der Waals surface area (Å²) in [6.45, 7) is 2.80. The Balaban J connectivity index is 2.07. The van der Waals surface area contributed by atoms with Crippen LogP contribution in [0.15, 0.2) is 42.5 Å². The molecule has 0 fully saturated rings. The second-order valence-electron chi connectivity index (χ2n) is 4.56. The van der Waals surface area contributed by atoms with Crippen molar-refractivity contribution in [1.82, 2.24) is 0 Å². The van der Waals surface area contributed by atoms with Gasteiger partial charge in [-0.2, -0.15) is 0 Å². The van der Waals surface area contributed by atoms with Crippen molar-refractivity contribution in [3.05, 3.63) is 53.1 Å². The first-order valence-corrected chi connectivity index (χ1v) is 7.48. The van der Waals surface area contributed by atoms with Gasteiger partial charge in [0.05, 0.1) is 11.6 Å². The molecule has 0 aliphatic rings. The zero-order valence-electron chi connectivity index (χ0n) is 11.7. The first-order chi connectivity index (χ1) is 10.1. The first-order valence-electron chi connectivity index (χ1n) is 6.69. The smallest absolute Gasteiger partial charge is 0.119 e. The Hall–Kier alpha value is -1.78. The van der Waals surface area contributed by atoms with E-state index < -0.39 is 0 Å². The van der Waals surface area contributed by atoms with Gasteiger partial charge >= 0.3 is 0 Å². The van der Waals surface area contributed by atoms with Gasteiger partial charge in [0.25, 0.3) is 0 Å². The number of nitrogens with two attached hydrogens (primary N) is 1. The summed E-state index contributed by atoms with van der Waals surface area (Å²) >= 11 is 11.1. The summed E-state index contributed by atoms with van der Waals surface area (Å²) in [5, 5.41) is 3.81. The fourth-order valence-corrected chi connectivity index (χ4v) is 2.33. The molecular formula is C16H17ClN2OS. The molecule has 2 aromatic carbocycles. The Bertz CT molecular complexity index is 629. The lowest BCUT2D eigenvalue weighted by Gasteiger charge is -2.10. The van der Waals surface area contributed by atoms with Gasteiger partial charge in [0, 0.05) is 16.9 Å². The molecule has 0 amide bonds. The van der Waals surface area contributed by atoms with Crippen LogP contribution in [0.25, 0.3) is 0 Å². The zero-order valence-corrected chi connectivity index (χ0v) is 13.3. The highest BCUT2D eigenvalue weighted by Crippen LogP contribution is 2.25. The number of halogens is 1. The summed E-state index contributed by atoms with van der Waals surface area (Å²) in [5.74, 6) is 0.865. The third-order valence-electron chi connectivity index (χ3n) is 2.85. The predicted molar refractivity (Wildman–Crippen MR) is 92.9 cm³/mol. The van der Waals surface area contributed by atoms with Gasteiger partial charge < -0.3 is 15.8 Å². The number of nitrogens with one attached hydrogen (secondary N) is 1. The van der Waals surface area contributed by atoms with Crippen LogP contribution in [-0.4, -0.2) is 11.6 Å². The topological polar surface area (TPSA) is 47.3 Å². The Morgan fingerprint density at radius 1 is 1.19 bits per heavy atom. The summed E-state index contributed by atoms with van der Waals surface area (Å²) in [6, 6.07) is 13.3. The van der Waals surface area contributed by atoms with Crippen LogP contribution in [0.2, 0.25) is 5.02 Å². The predicted octanol–water partition coefficient (Wildman–Crippen LogP) is 4.51. The zero-order chi connectivity index (χ0) is 15.2. The maximum Gasteiger partial charge on any atom is 0.119 e. The highest BCUT2D eigenvalue weighted by Gasteiger charge is 2.04. The molecule has 0 unspecified atom stereocenters. The molecule has 0 spiro atoms. The van der Waals surface area contributed by atoms with Gasteiger partial charge in [0.1, 0.15) is 10.7 Å². The lowest BCUT2D eigenvalue weighted by molar-refractivity contribution is 0.317. The van der Waals surface area contributed by atoms with Crippen LogP contribution < -0.4 is 15.8 Å². The van der Waals surface area contributed by atoms with Crippen LogP contribution in [0.1, 0.15) is 18.9 Å². The van der Waals surface area contributed by atoms with Crippen molar-refractivity contribution in [2.45, 2.75) is 13.3 Å². The fraction of sp³-hybridized carbons (Fsp3) is 0.188. The molecule has 0 radical (unpaired) electrons. The van der Waals surface area contributed by atoms with Gasteiger partial charge in [-0.05, 0) is 48.9 Å². The monoisotopic (exact) mass is 320 g/mol. The van der Waals surface area contributed by atoms with Crippen molar-refractivity contribution in [3.8, 4) is 5.75 Å². The first kappa shape index (κ1) is 15.6. The average Bonchev–Trinajstić information content (AvgIpc) is 2.46. The Morgan fingerprint density at radius 3 is 2.43 bits per heavy atom. The highest BCUT2D eigenvalue weighted by atomic mass is 35.5. The second kappa shape index (κ2) is 7.29. The van der Waals surface area contributed by atoms with E-state index >= 15 is 0 Å². The Morgan fingerprint density at radius 2 is 1.86 bits per heavy atom. The summed E-state index contributed by atoms with van der Waals surface area (Å²) in [5.41, 5.74) is 8.10.